The molecule has 0 nitrogen and oxygen atoms in total. The molecule has 0 spiro atoms. The first-order valence-corrected chi connectivity index (χ1v) is 5.91. The van der Waals surface area contributed by atoms with Gasteiger partial charge in [-0.15, -0.1) is 11.6 Å². The summed E-state index contributed by atoms with van der Waals surface area (Å²) in [6.07, 6.45) is 0. The number of benzene rings is 1. The molecule has 0 bridgehead atoms. The highest BCUT2D eigenvalue weighted by Gasteiger charge is 2.66. The Labute approximate surface area is 82.4 Å². The zero-order chi connectivity index (χ0) is 11.1. The first-order valence-electron chi connectivity index (χ1n) is 3.42. The third-order valence-electron chi connectivity index (χ3n) is 1.53. The predicted octanol–water partition coefficient (Wildman–Crippen LogP) is 5.08. The summed E-state index contributed by atoms with van der Waals surface area (Å²) in [4.78, 5) is -1.90. The Morgan fingerprint density at radius 2 is 1.50 bits per heavy atom. The molecule has 0 unspecified atom stereocenters. The van der Waals surface area contributed by atoms with E-state index in [0.717, 1.165) is 12.1 Å². The first-order chi connectivity index (χ1) is 6.04. The maximum atomic E-state index is 12.3. The Morgan fingerprint density at radius 1 is 1.00 bits per heavy atom. The van der Waals surface area contributed by atoms with Crippen LogP contribution in [0.1, 0.15) is 5.56 Å². The lowest BCUT2D eigenvalue weighted by Crippen LogP contribution is -2.08. The van der Waals surface area contributed by atoms with Crippen molar-refractivity contribution >= 4 is 21.8 Å². The number of alkyl halides is 1. The number of hydrogen-bond donors (Lipinski definition) is 0. The predicted molar refractivity (Wildman–Crippen MR) is 47.4 cm³/mol. The molecule has 0 saturated carbocycles. The third-order valence-corrected chi connectivity index (χ3v) is 3.05. The van der Waals surface area contributed by atoms with Gasteiger partial charge in [0.25, 0.3) is 0 Å². The van der Waals surface area contributed by atoms with Gasteiger partial charge < -0.3 is 0 Å². The second-order valence-electron chi connectivity index (χ2n) is 2.71. The Balaban J connectivity index is 3.49. The van der Waals surface area contributed by atoms with Crippen molar-refractivity contribution in [1.29, 1.82) is 0 Å². The summed E-state index contributed by atoms with van der Waals surface area (Å²) in [6.45, 7) is 0. The average Bonchev–Trinajstić information content (AvgIpc) is 2.00. The minimum Gasteiger partial charge on any atom is -0.122 e. The molecule has 1 aromatic rings. The molecule has 0 amide bonds. The van der Waals surface area contributed by atoms with E-state index < -0.39 is 26.6 Å². The lowest BCUT2D eigenvalue weighted by Gasteiger charge is -2.41. The van der Waals surface area contributed by atoms with Crippen LogP contribution in [0.15, 0.2) is 29.2 Å². The summed E-state index contributed by atoms with van der Waals surface area (Å²) in [7, 11) is -9.59. The fourth-order valence-corrected chi connectivity index (χ4v) is 2.27. The van der Waals surface area contributed by atoms with Crippen molar-refractivity contribution < 1.29 is 19.4 Å². The summed E-state index contributed by atoms with van der Waals surface area (Å²) < 4.78 is 61.7. The molecular formula is C7H6ClF5S. The van der Waals surface area contributed by atoms with Crippen LogP contribution in [0.4, 0.5) is 19.4 Å². The number of halogens is 6. The molecular weight excluding hydrogens is 247 g/mol. The quantitative estimate of drug-likeness (QED) is 0.508. The second-order valence-corrected chi connectivity index (χ2v) is 5.36. The van der Waals surface area contributed by atoms with E-state index >= 15 is 0 Å². The Morgan fingerprint density at radius 3 is 1.86 bits per heavy atom. The number of rotatable bonds is 2. The Kier molecular flexibility index (Phi) is 2.11. The molecule has 7 heteroatoms. The fourth-order valence-electron chi connectivity index (χ4n) is 0.991. The van der Waals surface area contributed by atoms with Gasteiger partial charge in [-0.1, -0.05) is 37.6 Å². The average molecular weight is 253 g/mol. The molecule has 0 aromatic heterocycles. The summed E-state index contributed by atoms with van der Waals surface area (Å²) in [5.74, 6) is -0.595. The highest BCUT2D eigenvalue weighted by Crippen LogP contribution is 3.02. The smallest absolute Gasteiger partial charge is 0.122 e. The van der Waals surface area contributed by atoms with Crippen molar-refractivity contribution in [3.05, 3.63) is 29.8 Å². The van der Waals surface area contributed by atoms with Crippen LogP contribution in [-0.2, 0) is 5.88 Å². The van der Waals surface area contributed by atoms with Gasteiger partial charge in [0, 0.05) is 5.88 Å². The van der Waals surface area contributed by atoms with Gasteiger partial charge in [-0.25, -0.2) is 0 Å². The van der Waals surface area contributed by atoms with Gasteiger partial charge >= 0.3 is 10.2 Å². The normalized spacial score (nSPS) is 17.3. The van der Waals surface area contributed by atoms with E-state index in [1.165, 1.54) is 6.07 Å². The molecule has 0 atom stereocenters. The third kappa shape index (κ3) is 2.51. The standard InChI is InChI=1S/C7H6ClF5S/c8-5-6-3-1-2-4-7(6)14(9,10,11,12)13/h1-4H,5H2. The second kappa shape index (κ2) is 2.55. The Bertz CT molecular complexity index is 357. The molecule has 1 aromatic carbocycles. The van der Waals surface area contributed by atoms with E-state index in [1.807, 2.05) is 0 Å². The minimum absolute atomic E-state index is 0.346. The van der Waals surface area contributed by atoms with Crippen molar-refractivity contribution in [2.75, 3.05) is 0 Å². The molecule has 0 aliphatic heterocycles. The van der Waals surface area contributed by atoms with Crippen LogP contribution >= 0.6 is 21.8 Å². The van der Waals surface area contributed by atoms with Crippen molar-refractivity contribution in [3.8, 4) is 0 Å². The van der Waals surface area contributed by atoms with Crippen LogP contribution in [0.25, 0.3) is 0 Å². The van der Waals surface area contributed by atoms with E-state index in [9.17, 15) is 19.4 Å². The zero-order valence-corrected chi connectivity index (χ0v) is 8.26. The van der Waals surface area contributed by atoms with E-state index in [1.54, 1.807) is 0 Å². The van der Waals surface area contributed by atoms with Crippen molar-refractivity contribution in [1.82, 2.24) is 0 Å². The van der Waals surface area contributed by atoms with Gasteiger partial charge in [0.05, 0.1) is 0 Å². The SMILES string of the molecule is FS(F)(F)(F)(F)c1ccccc1CCl. The molecule has 0 saturated heterocycles. The van der Waals surface area contributed by atoms with Crippen LogP contribution in [0, 0.1) is 0 Å². The van der Waals surface area contributed by atoms with Crippen molar-refractivity contribution in [3.63, 3.8) is 0 Å². The number of hydrogen-bond acceptors (Lipinski definition) is 0. The van der Waals surface area contributed by atoms with E-state index in [0.29, 0.717) is 6.07 Å². The topological polar surface area (TPSA) is 0 Å². The van der Waals surface area contributed by atoms with Gasteiger partial charge in [0.1, 0.15) is 4.90 Å². The van der Waals surface area contributed by atoms with Gasteiger partial charge in [-0.05, 0) is 11.6 Å². The maximum absolute atomic E-state index is 12.3. The summed E-state index contributed by atoms with van der Waals surface area (Å²) in [5, 5.41) is 0. The van der Waals surface area contributed by atoms with E-state index in [2.05, 4.69) is 0 Å². The summed E-state index contributed by atoms with van der Waals surface area (Å²) in [6, 6.07) is 3.41. The van der Waals surface area contributed by atoms with Crippen LogP contribution < -0.4 is 0 Å². The summed E-state index contributed by atoms with van der Waals surface area (Å²) in [5.41, 5.74) is -0.603. The molecule has 14 heavy (non-hydrogen) atoms. The molecule has 82 valence electrons. The van der Waals surface area contributed by atoms with Gasteiger partial charge in [-0.2, -0.15) is 0 Å². The molecule has 0 N–H and O–H groups in total. The monoisotopic (exact) mass is 252 g/mol. The zero-order valence-electron chi connectivity index (χ0n) is 6.69. The molecule has 0 aliphatic rings. The van der Waals surface area contributed by atoms with Crippen molar-refractivity contribution in [2.24, 2.45) is 0 Å². The fraction of sp³-hybridized carbons (Fsp3) is 0.143. The van der Waals surface area contributed by atoms with Gasteiger partial charge in [0.2, 0.25) is 0 Å². The molecule has 0 aliphatic carbocycles. The molecule has 1 rings (SSSR count). The highest BCUT2D eigenvalue weighted by molar-refractivity contribution is 8.45. The Hall–Kier alpha value is -0.490. The molecule has 0 radical (unpaired) electrons. The first kappa shape index (κ1) is 11.6. The highest BCUT2D eigenvalue weighted by atomic mass is 35.5. The maximum Gasteiger partial charge on any atom is 0.310 e. The van der Waals surface area contributed by atoms with Crippen LogP contribution in [0.3, 0.4) is 0 Å². The minimum atomic E-state index is -9.59. The van der Waals surface area contributed by atoms with Crippen molar-refractivity contribution in [2.45, 2.75) is 10.8 Å². The molecule has 0 heterocycles. The van der Waals surface area contributed by atoms with Crippen LogP contribution in [0.2, 0.25) is 0 Å². The van der Waals surface area contributed by atoms with Gasteiger partial charge in [0.15, 0.2) is 0 Å². The van der Waals surface area contributed by atoms with Gasteiger partial charge in [-0.3, -0.25) is 0 Å². The largest absolute Gasteiger partial charge is 0.310 e. The lowest BCUT2D eigenvalue weighted by molar-refractivity contribution is 0.363. The summed E-state index contributed by atoms with van der Waals surface area (Å²) >= 11 is 5.15. The lowest BCUT2D eigenvalue weighted by atomic mass is 10.2. The van der Waals surface area contributed by atoms with E-state index in [4.69, 9.17) is 11.6 Å². The van der Waals surface area contributed by atoms with E-state index in [-0.39, 0.29) is 0 Å². The molecule has 0 fully saturated rings. The van der Waals surface area contributed by atoms with Crippen LogP contribution in [0.5, 0.6) is 0 Å². The van der Waals surface area contributed by atoms with Crippen LogP contribution in [-0.4, -0.2) is 0 Å².